The van der Waals surface area contributed by atoms with E-state index in [0.29, 0.717) is 18.0 Å². The maximum Gasteiger partial charge on any atom is 0.227 e. The first-order valence-electron chi connectivity index (χ1n) is 7.11. The highest BCUT2D eigenvalue weighted by atomic mass is 16.2. The number of rotatable bonds is 3. The van der Waals surface area contributed by atoms with Gasteiger partial charge in [-0.05, 0) is 43.1 Å². The highest BCUT2D eigenvalue weighted by Gasteiger charge is 2.40. The Morgan fingerprint density at radius 3 is 2.95 bits per heavy atom. The van der Waals surface area contributed by atoms with Crippen molar-refractivity contribution in [1.29, 1.82) is 0 Å². The van der Waals surface area contributed by atoms with Crippen molar-refractivity contribution in [2.45, 2.75) is 32.1 Å². The Bertz CT molecular complexity index is 488. The van der Waals surface area contributed by atoms with Crippen LogP contribution in [0.5, 0.6) is 0 Å². The highest BCUT2D eigenvalue weighted by molar-refractivity contribution is 5.95. The lowest BCUT2D eigenvalue weighted by Gasteiger charge is -2.25. The van der Waals surface area contributed by atoms with Crippen LogP contribution in [0.3, 0.4) is 0 Å². The van der Waals surface area contributed by atoms with Crippen LogP contribution in [0.1, 0.15) is 32.1 Å². The largest absolute Gasteiger partial charge is 0.396 e. The molecule has 1 aromatic heterocycles. The zero-order valence-electron chi connectivity index (χ0n) is 11.4. The minimum absolute atomic E-state index is 0.176. The average Bonchev–Trinajstić information content (AvgIpc) is 3.00. The van der Waals surface area contributed by atoms with E-state index in [4.69, 9.17) is 5.73 Å². The number of nitrogen functional groups attached to an aromatic ring is 1. The van der Waals surface area contributed by atoms with Gasteiger partial charge in [-0.2, -0.15) is 0 Å². The van der Waals surface area contributed by atoms with Crippen LogP contribution >= 0.6 is 0 Å². The van der Waals surface area contributed by atoms with Crippen molar-refractivity contribution in [2.75, 3.05) is 17.7 Å². The second-order valence-corrected chi connectivity index (χ2v) is 6.03. The van der Waals surface area contributed by atoms with Crippen LogP contribution in [0.4, 0.5) is 11.4 Å². The van der Waals surface area contributed by atoms with Crippen molar-refractivity contribution in [2.24, 2.45) is 17.8 Å². The molecule has 2 aliphatic carbocycles. The fourth-order valence-electron chi connectivity index (χ4n) is 3.83. The molecule has 2 fully saturated rings. The van der Waals surface area contributed by atoms with Gasteiger partial charge in [0.05, 0.1) is 17.6 Å². The Morgan fingerprint density at radius 2 is 2.32 bits per heavy atom. The molecule has 19 heavy (non-hydrogen) atoms. The van der Waals surface area contributed by atoms with E-state index in [2.05, 4.69) is 4.98 Å². The fraction of sp³-hybridized carbons (Fsp3) is 0.600. The molecule has 2 saturated carbocycles. The molecule has 2 N–H and O–H groups in total. The number of amides is 1. The lowest BCUT2D eigenvalue weighted by molar-refractivity contribution is -0.119. The highest BCUT2D eigenvalue weighted by Crippen LogP contribution is 2.49. The number of fused-ring (bicyclic) bond motifs is 2. The van der Waals surface area contributed by atoms with Crippen LogP contribution in [0.25, 0.3) is 0 Å². The van der Waals surface area contributed by atoms with Crippen LogP contribution in [0.2, 0.25) is 0 Å². The van der Waals surface area contributed by atoms with Crippen molar-refractivity contribution < 1.29 is 4.79 Å². The quantitative estimate of drug-likeness (QED) is 0.907. The summed E-state index contributed by atoms with van der Waals surface area (Å²) >= 11 is 0. The molecule has 102 valence electrons. The van der Waals surface area contributed by atoms with Crippen LogP contribution in [0.15, 0.2) is 18.5 Å². The van der Waals surface area contributed by atoms with Gasteiger partial charge in [-0.15, -0.1) is 0 Å². The Labute approximate surface area is 114 Å². The molecule has 1 aromatic rings. The summed E-state index contributed by atoms with van der Waals surface area (Å²) in [6.45, 7) is 0. The molecule has 3 unspecified atom stereocenters. The summed E-state index contributed by atoms with van der Waals surface area (Å²) in [5.41, 5.74) is 7.20. The van der Waals surface area contributed by atoms with Gasteiger partial charge in [0.25, 0.3) is 0 Å². The van der Waals surface area contributed by atoms with Gasteiger partial charge in [0.15, 0.2) is 0 Å². The number of nitrogens with zero attached hydrogens (tertiary/aromatic N) is 2. The monoisotopic (exact) mass is 259 g/mol. The van der Waals surface area contributed by atoms with Gasteiger partial charge in [0, 0.05) is 19.7 Å². The van der Waals surface area contributed by atoms with Gasteiger partial charge in [0.1, 0.15) is 0 Å². The molecule has 1 heterocycles. The number of pyridine rings is 1. The molecule has 0 aromatic carbocycles. The summed E-state index contributed by atoms with van der Waals surface area (Å²) in [6.07, 6.45) is 9.23. The summed E-state index contributed by atoms with van der Waals surface area (Å²) < 4.78 is 0. The number of nitrogens with two attached hydrogens (primary N) is 1. The Kier molecular flexibility index (Phi) is 3.17. The van der Waals surface area contributed by atoms with Crippen molar-refractivity contribution in [3.8, 4) is 0 Å². The summed E-state index contributed by atoms with van der Waals surface area (Å²) in [4.78, 5) is 18.0. The second kappa shape index (κ2) is 4.83. The molecule has 4 heteroatoms. The topological polar surface area (TPSA) is 59.2 Å². The smallest absolute Gasteiger partial charge is 0.227 e. The number of carbonyl (C=O) groups excluding carboxylic acids is 1. The standard InChI is InChI=1S/C15H21N3O/c1-18(14-4-5-17-9-13(14)16)15(19)8-12-7-10-2-3-11(12)6-10/h4-5,9-12H,2-3,6-8,16H2,1H3. The van der Waals surface area contributed by atoms with E-state index in [-0.39, 0.29) is 5.91 Å². The number of anilines is 2. The molecule has 2 bridgehead atoms. The minimum Gasteiger partial charge on any atom is -0.396 e. The van der Waals surface area contributed by atoms with Gasteiger partial charge in [0.2, 0.25) is 5.91 Å². The minimum atomic E-state index is 0.176. The van der Waals surface area contributed by atoms with E-state index >= 15 is 0 Å². The van der Waals surface area contributed by atoms with Crippen molar-refractivity contribution in [3.05, 3.63) is 18.5 Å². The van der Waals surface area contributed by atoms with Gasteiger partial charge in [-0.1, -0.05) is 6.42 Å². The van der Waals surface area contributed by atoms with E-state index in [9.17, 15) is 4.79 Å². The lowest BCUT2D eigenvalue weighted by atomic mass is 9.86. The predicted molar refractivity (Wildman–Crippen MR) is 75.6 cm³/mol. The molecule has 0 saturated heterocycles. The molecule has 3 rings (SSSR count). The molecule has 0 spiro atoms. The molecular weight excluding hydrogens is 238 g/mol. The molecular formula is C15H21N3O. The molecule has 2 aliphatic rings. The number of hydrogen-bond donors (Lipinski definition) is 1. The average molecular weight is 259 g/mol. The van der Waals surface area contributed by atoms with E-state index in [1.54, 1.807) is 30.4 Å². The number of carbonyl (C=O) groups is 1. The third-order valence-corrected chi connectivity index (χ3v) is 4.88. The Morgan fingerprint density at radius 1 is 1.47 bits per heavy atom. The molecule has 1 amide bonds. The van der Waals surface area contributed by atoms with Crippen LogP contribution < -0.4 is 10.6 Å². The Hall–Kier alpha value is -1.58. The summed E-state index contributed by atoms with van der Waals surface area (Å²) in [5.74, 6) is 2.45. The summed E-state index contributed by atoms with van der Waals surface area (Å²) in [6, 6.07) is 1.80. The predicted octanol–water partition coefficient (Wildman–Crippen LogP) is 2.45. The first-order chi connectivity index (χ1) is 9.15. The Balaban J connectivity index is 1.66. The van der Waals surface area contributed by atoms with E-state index in [1.807, 2.05) is 0 Å². The molecule has 0 radical (unpaired) electrons. The van der Waals surface area contributed by atoms with E-state index < -0.39 is 0 Å². The van der Waals surface area contributed by atoms with Gasteiger partial charge < -0.3 is 10.6 Å². The first-order valence-corrected chi connectivity index (χ1v) is 7.11. The normalized spacial score (nSPS) is 28.6. The number of aromatic nitrogens is 1. The zero-order valence-corrected chi connectivity index (χ0v) is 11.4. The number of hydrogen-bond acceptors (Lipinski definition) is 3. The third kappa shape index (κ3) is 2.31. The van der Waals surface area contributed by atoms with Crippen LogP contribution in [0, 0.1) is 17.8 Å². The zero-order chi connectivity index (χ0) is 13.4. The molecule has 3 atom stereocenters. The maximum atomic E-state index is 12.4. The third-order valence-electron chi connectivity index (χ3n) is 4.88. The fourth-order valence-corrected chi connectivity index (χ4v) is 3.83. The molecule has 4 nitrogen and oxygen atoms in total. The first kappa shape index (κ1) is 12.5. The van der Waals surface area contributed by atoms with Gasteiger partial charge in [-0.25, -0.2) is 0 Å². The van der Waals surface area contributed by atoms with Gasteiger partial charge >= 0.3 is 0 Å². The molecule has 0 aliphatic heterocycles. The van der Waals surface area contributed by atoms with Gasteiger partial charge in [-0.3, -0.25) is 9.78 Å². The van der Waals surface area contributed by atoms with E-state index in [1.165, 1.54) is 25.7 Å². The van der Waals surface area contributed by atoms with Crippen molar-refractivity contribution >= 4 is 17.3 Å². The lowest BCUT2D eigenvalue weighted by Crippen LogP contribution is -2.30. The van der Waals surface area contributed by atoms with E-state index in [0.717, 1.165) is 17.5 Å². The second-order valence-electron chi connectivity index (χ2n) is 6.03. The van der Waals surface area contributed by atoms with Crippen LogP contribution in [-0.4, -0.2) is 17.9 Å². The summed E-state index contributed by atoms with van der Waals surface area (Å²) in [7, 11) is 1.81. The van der Waals surface area contributed by atoms with Crippen molar-refractivity contribution in [1.82, 2.24) is 4.98 Å². The maximum absolute atomic E-state index is 12.4. The van der Waals surface area contributed by atoms with Crippen LogP contribution in [-0.2, 0) is 4.79 Å². The summed E-state index contributed by atoms with van der Waals surface area (Å²) in [5, 5.41) is 0. The van der Waals surface area contributed by atoms with Crippen molar-refractivity contribution in [3.63, 3.8) is 0 Å². The SMILES string of the molecule is CN(C(=O)CC1CC2CCC1C2)c1ccncc1N.